The molecule has 0 fully saturated rings. The third kappa shape index (κ3) is 2.38. The average molecular weight is 236 g/mol. The summed E-state index contributed by atoms with van der Waals surface area (Å²) in [5.41, 5.74) is -0.725. The van der Waals surface area contributed by atoms with Crippen molar-refractivity contribution in [3.05, 3.63) is 38.9 Å². The molecular weight excluding hydrogens is 228 g/mol. The van der Waals surface area contributed by atoms with Gasteiger partial charge in [-0.3, -0.25) is 10.1 Å². The number of nitro groups is 1. The van der Waals surface area contributed by atoms with Gasteiger partial charge in [-0.25, -0.2) is 4.79 Å². The van der Waals surface area contributed by atoms with Gasteiger partial charge in [-0.15, -0.1) is 0 Å². The fourth-order valence-corrected chi connectivity index (χ4v) is 1.29. The van der Waals surface area contributed by atoms with Gasteiger partial charge in [0.15, 0.2) is 0 Å². The van der Waals surface area contributed by atoms with Crippen molar-refractivity contribution in [3.8, 4) is 6.07 Å². The Kier molecular flexibility index (Phi) is 3.74. The van der Waals surface area contributed by atoms with Crippen molar-refractivity contribution in [2.45, 2.75) is 6.61 Å². The lowest BCUT2D eigenvalue weighted by Crippen LogP contribution is -2.07. The van der Waals surface area contributed by atoms with Crippen molar-refractivity contribution in [2.24, 2.45) is 0 Å². The fourth-order valence-electron chi connectivity index (χ4n) is 1.29. The van der Waals surface area contributed by atoms with Crippen LogP contribution in [0.2, 0.25) is 0 Å². The first-order valence-corrected chi connectivity index (χ1v) is 4.45. The number of carbonyl (C=O) groups is 1. The molecule has 0 aliphatic rings. The third-order valence-corrected chi connectivity index (χ3v) is 2.11. The zero-order valence-corrected chi connectivity index (χ0v) is 8.84. The Morgan fingerprint density at radius 1 is 1.65 bits per heavy atom. The molecule has 1 aromatic rings. The molecule has 17 heavy (non-hydrogen) atoms. The van der Waals surface area contributed by atoms with E-state index in [-0.39, 0.29) is 16.7 Å². The smallest absolute Gasteiger partial charge is 0.344 e. The van der Waals surface area contributed by atoms with Crippen LogP contribution in [0.4, 0.5) is 5.69 Å². The summed E-state index contributed by atoms with van der Waals surface area (Å²) in [5, 5.41) is 28.5. The van der Waals surface area contributed by atoms with Crippen molar-refractivity contribution in [1.29, 1.82) is 5.26 Å². The first kappa shape index (κ1) is 12.6. The van der Waals surface area contributed by atoms with Crippen LogP contribution >= 0.6 is 0 Å². The second-order valence-corrected chi connectivity index (χ2v) is 3.05. The van der Waals surface area contributed by atoms with Gasteiger partial charge in [0.2, 0.25) is 0 Å². The monoisotopic (exact) mass is 236 g/mol. The van der Waals surface area contributed by atoms with Crippen molar-refractivity contribution in [2.75, 3.05) is 7.11 Å². The number of ether oxygens (including phenoxy) is 1. The van der Waals surface area contributed by atoms with E-state index in [1.807, 2.05) is 0 Å². The van der Waals surface area contributed by atoms with E-state index in [0.717, 1.165) is 19.2 Å². The van der Waals surface area contributed by atoms with E-state index >= 15 is 0 Å². The minimum absolute atomic E-state index is 0.00139. The molecule has 0 aliphatic carbocycles. The highest BCUT2D eigenvalue weighted by atomic mass is 16.6. The van der Waals surface area contributed by atoms with Gasteiger partial charge >= 0.3 is 5.97 Å². The van der Waals surface area contributed by atoms with Gasteiger partial charge in [-0.05, 0) is 6.07 Å². The maximum atomic E-state index is 11.3. The number of nitriles is 1. The van der Waals surface area contributed by atoms with Crippen LogP contribution in [0.1, 0.15) is 21.5 Å². The summed E-state index contributed by atoms with van der Waals surface area (Å²) in [4.78, 5) is 21.3. The van der Waals surface area contributed by atoms with Gasteiger partial charge in [0.1, 0.15) is 5.56 Å². The predicted octanol–water partition coefficient (Wildman–Crippen LogP) is 0.745. The van der Waals surface area contributed by atoms with E-state index < -0.39 is 23.2 Å². The maximum absolute atomic E-state index is 11.3. The van der Waals surface area contributed by atoms with Gasteiger partial charge in [0.25, 0.3) is 5.69 Å². The Morgan fingerprint density at radius 3 is 2.71 bits per heavy atom. The van der Waals surface area contributed by atoms with Crippen molar-refractivity contribution in [3.63, 3.8) is 0 Å². The number of nitro benzene ring substituents is 1. The molecule has 0 amide bonds. The molecule has 0 spiro atoms. The first-order chi connectivity index (χ1) is 8.04. The van der Waals surface area contributed by atoms with Crippen LogP contribution < -0.4 is 0 Å². The lowest BCUT2D eigenvalue weighted by atomic mass is 10.0. The molecule has 0 bridgehead atoms. The van der Waals surface area contributed by atoms with Gasteiger partial charge in [0, 0.05) is 11.6 Å². The van der Waals surface area contributed by atoms with E-state index in [1.165, 1.54) is 0 Å². The largest absolute Gasteiger partial charge is 0.465 e. The lowest BCUT2D eigenvalue weighted by Gasteiger charge is -2.05. The Hall–Kier alpha value is -2.46. The highest BCUT2D eigenvalue weighted by Crippen LogP contribution is 2.24. The minimum atomic E-state index is -0.905. The summed E-state index contributed by atoms with van der Waals surface area (Å²) >= 11 is 0. The molecule has 0 aromatic heterocycles. The number of nitrogens with zero attached hydrogens (tertiary/aromatic N) is 2. The van der Waals surface area contributed by atoms with Gasteiger partial charge in [0.05, 0.1) is 30.3 Å². The van der Waals surface area contributed by atoms with Crippen molar-refractivity contribution in [1.82, 2.24) is 0 Å². The summed E-state index contributed by atoms with van der Waals surface area (Å²) in [7, 11) is 1.08. The molecule has 0 radical (unpaired) electrons. The van der Waals surface area contributed by atoms with Crippen LogP contribution in [0.3, 0.4) is 0 Å². The quantitative estimate of drug-likeness (QED) is 0.470. The number of hydrogen-bond donors (Lipinski definition) is 1. The number of benzene rings is 1. The van der Waals surface area contributed by atoms with E-state index in [4.69, 9.17) is 10.4 Å². The van der Waals surface area contributed by atoms with Gasteiger partial charge in [-0.2, -0.15) is 5.26 Å². The molecular formula is C10H8N2O5. The number of carbonyl (C=O) groups excluding carboxylic acids is 1. The summed E-state index contributed by atoms with van der Waals surface area (Å²) in [6.07, 6.45) is 0. The topological polar surface area (TPSA) is 113 Å². The standard InChI is InChI=1S/C10H8N2O5/c1-17-10(14)8-2-6(4-11)7(5-13)3-9(8)12(15)16/h2-3,13H,5H2,1H3. The Balaban J connectivity index is 3.52. The zero-order chi connectivity index (χ0) is 13.0. The lowest BCUT2D eigenvalue weighted by molar-refractivity contribution is -0.385. The summed E-state index contributed by atoms with van der Waals surface area (Å²) in [6, 6.07) is 3.77. The summed E-state index contributed by atoms with van der Waals surface area (Å²) < 4.78 is 4.38. The second-order valence-electron chi connectivity index (χ2n) is 3.05. The van der Waals surface area contributed by atoms with E-state index in [1.54, 1.807) is 6.07 Å². The zero-order valence-electron chi connectivity index (χ0n) is 8.84. The van der Waals surface area contributed by atoms with Gasteiger partial charge in [-0.1, -0.05) is 0 Å². The normalized spacial score (nSPS) is 9.47. The molecule has 0 unspecified atom stereocenters. The first-order valence-electron chi connectivity index (χ1n) is 4.45. The minimum Gasteiger partial charge on any atom is -0.465 e. The van der Waals surface area contributed by atoms with Crippen LogP contribution in [0.5, 0.6) is 0 Å². The van der Waals surface area contributed by atoms with Crippen molar-refractivity contribution >= 4 is 11.7 Å². The fraction of sp³-hybridized carbons (Fsp3) is 0.200. The van der Waals surface area contributed by atoms with Crippen LogP contribution in [-0.4, -0.2) is 23.1 Å². The molecule has 0 atom stereocenters. The van der Waals surface area contributed by atoms with Crippen LogP contribution in [0.15, 0.2) is 12.1 Å². The Bertz CT molecular complexity index is 518. The highest BCUT2D eigenvalue weighted by molar-refractivity contribution is 5.94. The van der Waals surface area contributed by atoms with Crippen LogP contribution in [0, 0.1) is 21.4 Å². The molecule has 0 saturated carbocycles. The number of aliphatic hydroxyl groups is 1. The summed E-state index contributed by atoms with van der Waals surface area (Å²) in [6.45, 7) is -0.523. The second kappa shape index (κ2) is 5.05. The SMILES string of the molecule is COC(=O)c1cc(C#N)c(CO)cc1[N+](=O)[O-]. The van der Waals surface area contributed by atoms with Crippen molar-refractivity contribution < 1.29 is 19.6 Å². The predicted molar refractivity (Wildman–Crippen MR) is 55.1 cm³/mol. The molecule has 0 saturated heterocycles. The molecule has 7 nitrogen and oxygen atoms in total. The maximum Gasteiger partial charge on any atom is 0.344 e. The van der Waals surface area contributed by atoms with Crippen LogP contribution in [-0.2, 0) is 11.3 Å². The number of rotatable bonds is 3. The molecule has 1 N–H and O–H groups in total. The number of methoxy groups -OCH3 is 1. The van der Waals surface area contributed by atoms with E-state index in [9.17, 15) is 14.9 Å². The average Bonchev–Trinajstić information content (AvgIpc) is 2.35. The molecule has 0 aliphatic heterocycles. The number of aliphatic hydroxyl groups excluding tert-OH is 1. The van der Waals surface area contributed by atoms with Gasteiger partial charge < -0.3 is 9.84 Å². The molecule has 88 valence electrons. The Labute approximate surface area is 96.0 Å². The summed E-state index contributed by atoms with van der Waals surface area (Å²) in [5.74, 6) is -0.905. The third-order valence-electron chi connectivity index (χ3n) is 2.11. The van der Waals surface area contributed by atoms with E-state index in [2.05, 4.69) is 4.74 Å². The number of hydrogen-bond acceptors (Lipinski definition) is 6. The molecule has 1 aromatic carbocycles. The van der Waals surface area contributed by atoms with E-state index in [0.29, 0.717) is 0 Å². The van der Waals surface area contributed by atoms with Crippen LogP contribution in [0.25, 0.3) is 0 Å². The molecule has 1 rings (SSSR count). The number of esters is 1. The Morgan fingerprint density at radius 2 is 2.29 bits per heavy atom. The molecule has 0 heterocycles. The molecule has 7 heteroatoms. The highest BCUT2D eigenvalue weighted by Gasteiger charge is 2.23.